The lowest BCUT2D eigenvalue weighted by Crippen LogP contribution is -2.16. The highest BCUT2D eigenvalue weighted by atomic mass is 19.1. The van der Waals surface area contributed by atoms with E-state index in [1.807, 2.05) is 6.92 Å². The minimum absolute atomic E-state index is 0.0674. The fourth-order valence-corrected chi connectivity index (χ4v) is 1.06. The minimum Gasteiger partial charge on any atom is -0.488 e. The average molecular weight is 213 g/mol. The first-order chi connectivity index (χ1) is 7.04. The van der Waals surface area contributed by atoms with Gasteiger partial charge in [-0.3, -0.25) is 0 Å². The molecule has 1 aromatic carbocycles. The monoisotopic (exact) mass is 213 g/mol. The molecular weight excluding hydrogens is 197 g/mol. The Labute approximate surface area is 89.0 Å². The third kappa shape index (κ3) is 3.09. The SMILES string of the molecule is COC(C)COc1cc(C)c(N)cc1F. The van der Waals surface area contributed by atoms with Gasteiger partial charge in [0.2, 0.25) is 0 Å². The molecule has 84 valence electrons. The minimum atomic E-state index is -0.443. The molecule has 15 heavy (non-hydrogen) atoms. The van der Waals surface area contributed by atoms with Gasteiger partial charge in [-0.2, -0.15) is 0 Å². The third-order valence-corrected chi connectivity index (χ3v) is 2.20. The largest absolute Gasteiger partial charge is 0.488 e. The molecule has 0 amide bonds. The Hall–Kier alpha value is -1.29. The van der Waals surface area contributed by atoms with E-state index in [0.29, 0.717) is 12.3 Å². The predicted octanol–water partition coefficient (Wildman–Crippen LogP) is 2.13. The van der Waals surface area contributed by atoms with Crippen LogP contribution in [0.25, 0.3) is 0 Å². The Morgan fingerprint density at radius 2 is 2.13 bits per heavy atom. The van der Waals surface area contributed by atoms with E-state index in [0.717, 1.165) is 5.56 Å². The molecule has 1 aromatic rings. The number of hydrogen-bond donors (Lipinski definition) is 1. The van der Waals surface area contributed by atoms with Gasteiger partial charge in [0.05, 0.1) is 6.10 Å². The lowest BCUT2D eigenvalue weighted by Gasteiger charge is -2.13. The first-order valence-corrected chi connectivity index (χ1v) is 4.75. The fourth-order valence-electron chi connectivity index (χ4n) is 1.06. The van der Waals surface area contributed by atoms with Crippen LogP contribution < -0.4 is 10.5 Å². The Bertz CT molecular complexity index is 342. The van der Waals surface area contributed by atoms with E-state index < -0.39 is 5.82 Å². The normalized spacial score (nSPS) is 12.5. The van der Waals surface area contributed by atoms with E-state index in [4.69, 9.17) is 15.2 Å². The van der Waals surface area contributed by atoms with Crippen molar-refractivity contribution in [3.8, 4) is 5.75 Å². The van der Waals surface area contributed by atoms with Crippen LogP contribution in [0, 0.1) is 12.7 Å². The molecule has 0 bridgehead atoms. The van der Waals surface area contributed by atoms with Crippen LogP contribution in [0.5, 0.6) is 5.75 Å². The summed E-state index contributed by atoms with van der Waals surface area (Å²) in [5.41, 5.74) is 6.78. The lowest BCUT2D eigenvalue weighted by molar-refractivity contribution is 0.0702. The molecule has 0 aromatic heterocycles. The summed E-state index contributed by atoms with van der Waals surface area (Å²) in [7, 11) is 1.58. The van der Waals surface area contributed by atoms with Crippen LogP contribution in [0.4, 0.5) is 10.1 Å². The highest BCUT2D eigenvalue weighted by Crippen LogP contribution is 2.23. The van der Waals surface area contributed by atoms with Crippen LogP contribution in [0.1, 0.15) is 12.5 Å². The van der Waals surface area contributed by atoms with E-state index in [9.17, 15) is 4.39 Å². The van der Waals surface area contributed by atoms with Gasteiger partial charge in [0, 0.05) is 18.9 Å². The van der Waals surface area contributed by atoms with Crippen molar-refractivity contribution in [1.29, 1.82) is 0 Å². The van der Waals surface area contributed by atoms with Crippen molar-refractivity contribution in [1.82, 2.24) is 0 Å². The van der Waals surface area contributed by atoms with Crippen molar-refractivity contribution < 1.29 is 13.9 Å². The Balaban J connectivity index is 2.73. The molecule has 0 saturated heterocycles. The summed E-state index contributed by atoms with van der Waals surface area (Å²) in [6.07, 6.45) is -0.0674. The molecule has 3 nitrogen and oxygen atoms in total. The van der Waals surface area contributed by atoms with Crippen molar-refractivity contribution >= 4 is 5.69 Å². The third-order valence-electron chi connectivity index (χ3n) is 2.20. The van der Waals surface area contributed by atoms with Crippen LogP contribution in [-0.4, -0.2) is 19.8 Å². The molecule has 1 rings (SSSR count). The van der Waals surface area contributed by atoms with Gasteiger partial charge in [0.1, 0.15) is 6.61 Å². The molecule has 0 saturated carbocycles. The number of halogens is 1. The van der Waals surface area contributed by atoms with E-state index >= 15 is 0 Å². The summed E-state index contributed by atoms with van der Waals surface area (Å²) >= 11 is 0. The van der Waals surface area contributed by atoms with Crippen LogP contribution in [0.3, 0.4) is 0 Å². The first kappa shape index (κ1) is 11.8. The summed E-state index contributed by atoms with van der Waals surface area (Å²) in [4.78, 5) is 0. The second-order valence-electron chi connectivity index (χ2n) is 3.50. The second-order valence-corrected chi connectivity index (χ2v) is 3.50. The molecule has 0 fully saturated rings. The van der Waals surface area contributed by atoms with Gasteiger partial charge in [-0.05, 0) is 25.5 Å². The summed E-state index contributed by atoms with van der Waals surface area (Å²) in [6, 6.07) is 2.86. The Morgan fingerprint density at radius 3 is 2.73 bits per heavy atom. The maximum Gasteiger partial charge on any atom is 0.167 e. The molecule has 0 spiro atoms. The number of anilines is 1. The number of methoxy groups -OCH3 is 1. The van der Waals surface area contributed by atoms with Gasteiger partial charge in [-0.25, -0.2) is 4.39 Å². The van der Waals surface area contributed by atoms with Gasteiger partial charge >= 0.3 is 0 Å². The molecule has 4 heteroatoms. The zero-order valence-corrected chi connectivity index (χ0v) is 9.21. The standard InChI is InChI=1S/C11H16FNO2/c1-7-4-11(9(12)5-10(7)13)15-6-8(2)14-3/h4-5,8H,6,13H2,1-3H3. The highest BCUT2D eigenvalue weighted by Gasteiger charge is 2.08. The second kappa shape index (κ2) is 4.98. The molecule has 0 radical (unpaired) electrons. The van der Waals surface area contributed by atoms with E-state index in [-0.39, 0.29) is 11.9 Å². The van der Waals surface area contributed by atoms with Crippen LogP contribution in [-0.2, 0) is 4.74 Å². The predicted molar refractivity (Wildman–Crippen MR) is 57.5 cm³/mol. The number of aryl methyl sites for hydroxylation is 1. The van der Waals surface area contributed by atoms with Crippen molar-refractivity contribution in [3.05, 3.63) is 23.5 Å². The number of benzene rings is 1. The van der Waals surface area contributed by atoms with Gasteiger partial charge in [-0.15, -0.1) is 0 Å². The molecular formula is C11H16FNO2. The van der Waals surface area contributed by atoms with Crippen molar-refractivity contribution in [2.24, 2.45) is 0 Å². The average Bonchev–Trinajstić information content (AvgIpc) is 2.21. The molecule has 0 aliphatic carbocycles. The zero-order chi connectivity index (χ0) is 11.4. The topological polar surface area (TPSA) is 44.5 Å². The summed E-state index contributed by atoms with van der Waals surface area (Å²) in [5, 5.41) is 0. The van der Waals surface area contributed by atoms with Crippen molar-refractivity contribution in [2.45, 2.75) is 20.0 Å². The quantitative estimate of drug-likeness (QED) is 0.779. The summed E-state index contributed by atoms with van der Waals surface area (Å²) < 4.78 is 23.6. The Kier molecular flexibility index (Phi) is 3.91. The molecule has 0 heterocycles. The van der Waals surface area contributed by atoms with E-state index in [2.05, 4.69) is 0 Å². The first-order valence-electron chi connectivity index (χ1n) is 4.75. The summed E-state index contributed by atoms with van der Waals surface area (Å²) in [5.74, 6) is -0.230. The number of nitrogen functional groups attached to an aromatic ring is 1. The molecule has 0 aliphatic rings. The van der Waals surface area contributed by atoms with Gasteiger partial charge in [0.25, 0.3) is 0 Å². The van der Waals surface area contributed by atoms with Crippen LogP contribution in [0.15, 0.2) is 12.1 Å². The van der Waals surface area contributed by atoms with Crippen molar-refractivity contribution in [2.75, 3.05) is 19.5 Å². The van der Waals surface area contributed by atoms with Crippen molar-refractivity contribution in [3.63, 3.8) is 0 Å². The maximum absolute atomic E-state index is 13.3. The highest BCUT2D eigenvalue weighted by molar-refractivity contribution is 5.50. The molecule has 1 atom stereocenters. The maximum atomic E-state index is 13.3. The number of hydrogen-bond acceptors (Lipinski definition) is 3. The van der Waals surface area contributed by atoms with Gasteiger partial charge in [-0.1, -0.05) is 0 Å². The lowest BCUT2D eigenvalue weighted by atomic mass is 10.2. The summed E-state index contributed by atoms with van der Waals surface area (Å²) in [6.45, 7) is 3.97. The van der Waals surface area contributed by atoms with E-state index in [1.165, 1.54) is 6.07 Å². The zero-order valence-electron chi connectivity index (χ0n) is 9.21. The molecule has 0 aliphatic heterocycles. The van der Waals surface area contributed by atoms with Crippen LogP contribution in [0.2, 0.25) is 0 Å². The van der Waals surface area contributed by atoms with Crippen LogP contribution >= 0.6 is 0 Å². The van der Waals surface area contributed by atoms with E-state index in [1.54, 1.807) is 20.1 Å². The number of ether oxygens (including phenoxy) is 2. The number of nitrogens with two attached hydrogens (primary N) is 1. The number of rotatable bonds is 4. The van der Waals surface area contributed by atoms with Gasteiger partial charge < -0.3 is 15.2 Å². The Morgan fingerprint density at radius 1 is 1.47 bits per heavy atom. The smallest absolute Gasteiger partial charge is 0.167 e. The fraction of sp³-hybridized carbons (Fsp3) is 0.455. The van der Waals surface area contributed by atoms with Gasteiger partial charge in [0.15, 0.2) is 11.6 Å². The molecule has 1 unspecified atom stereocenters. The molecule has 2 N–H and O–H groups in total.